The highest BCUT2D eigenvalue weighted by Gasteiger charge is 2.15. The second-order valence-electron chi connectivity index (χ2n) is 4.38. The van der Waals surface area contributed by atoms with Crippen LogP contribution >= 0.6 is 23.2 Å². The molecule has 0 amide bonds. The van der Waals surface area contributed by atoms with Crippen molar-refractivity contribution in [3.63, 3.8) is 0 Å². The van der Waals surface area contributed by atoms with Crippen molar-refractivity contribution in [2.24, 2.45) is 0 Å². The maximum atomic E-state index is 6.51. The van der Waals surface area contributed by atoms with Crippen LogP contribution in [-0.4, -0.2) is 12.1 Å². The summed E-state index contributed by atoms with van der Waals surface area (Å²) in [4.78, 5) is 3.97. The first-order valence-corrected chi connectivity index (χ1v) is 6.80. The number of hydrogen-bond donors (Lipinski definition) is 0. The van der Waals surface area contributed by atoms with Crippen LogP contribution in [0.15, 0.2) is 36.7 Å². The third kappa shape index (κ3) is 3.40. The molecular weight excluding hydrogens is 281 g/mol. The van der Waals surface area contributed by atoms with Crippen molar-refractivity contribution in [1.29, 1.82) is 0 Å². The van der Waals surface area contributed by atoms with Gasteiger partial charge in [0.15, 0.2) is 0 Å². The van der Waals surface area contributed by atoms with Crippen LogP contribution in [0.5, 0.6) is 5.75 Å². The molecule has 0 aliphatic rings. The molecule has 0 spiro atoms. The zero-order valence-corrected chi connectivity index (χ0v) is 12.4. The molecule has 1 aromatic heterocycles. The Morgan fingerprint density at radius 3 is 2.79 bits per heavy atom. The normalized spacial score (nSPS) is 12.2. The van der Waals surface area contributed by atoms with Crippen LogP contribution < -0.4 is 4.74 Å². The molecule has 0 fully saturated rings. The topological polar surface area (TPSA) is 22.1 Å². The van der Waals surface area contributed by atoms with Crippen molar-refractivity contribution in [3.05, 3.63) is 58.4 Å². The predicted molar refractivity (Wildman–Crippen MR) is 79.3 cm³/mol. The summed E-state index contributed by atoms with van der Waals surface area (Å²) in [5.74, 6) is 0.802. The van der Waals surface area contributed by atoms with Gasteiger partial charge in [-0.25, -0.2) is 0 Å². The summed E-state index contributed by atoms with van der Waals surface area (Å²) in [6, 6.07) is 7.88. The van der Waals surface area contributed by atoms with E-state index in [1.807, 2.05) is 31.2 Å². The maximum absolute atomic E-state index is 6.51. The van der Waals surface area contributed by atoms with E-state index in [9.17, 15) is 0 Å². The smallest absolute Gasteiger partial charge is 0.123 e. The van der Waals surface area contributed by atoms with Gasteiger partial charge >= 0.3 is 0 Å². The highest BCUT2D eigenvalue weighted by Crippen LogP contribution is 2.34. The van der Waals surface area contributed by atoms with Gasteiger partial charge in [0.05, 0.1) is 17.5 Å². The van der Waals surface area contributed by atoms with E-state index in [1.165, 1.54) is 0 Å². The van der Waals surface area contributed by atoms with E-state index in [2.05, 4.69) is 4.98 Å². The molecule has 0 aliphatic carbocycles. The number of aryl methyl sites for hydroxylation is 1. The molecule has 0 aliphatic heterocycles. The fraction of sp³-hybridized carbons (Fsp3) is 0.267. The van der Waals surface area contributed by atoms with E-state index in [-0.39, 0.29) is 5.38 Å². The molecule has 1 heterocycles. The van der Waals surface area contributed by atoms with E-state index in [0.29, 0.717) is 11.4 Å². The third-order valence-corrected chi connectivity index (χ3v) is 3.71. The van der Waals surface area contributed by atoms with E-state index in [1.54, 1.807) is 19.5 Å². The summed E-state index contributed by atoms with van der Waals surface area (Å²) in [5, 5.41) is 0.453. The summed E-state index contributed by atoms with van der Waals surface area (Å²) in [6.07, 6.45) is 4.00. The Balaban J connectivity index is 2.27. The Morgan fingerprint density at radius 2 is 2.11 bits per heavy atom. The molecular formula is C15H15Cl2NO. The Kier molecular flexibility index (Phi) is 4.67. The van der Waals surface area contributed by atoms with Crippen LogP contribution in [0.1, 0.15) is 22.1 Å². The van der Waals surface area contributed by atoms with Crippen molar-refractivity contribution < 1.29 is 4.74 Å². The second kappa shape index (κ2) is 6.27. The van der Waals surface area contributed by atoms with Gasteiger partial charge < -0.3 is 4.74 Å². The van der Waals surface area contributed by atoms with E-state index in [0.717, 1.165) is 22.4 Å². The highest BCUT2D eigenvalue weighted by atomic mass is 35.5. The maximum Gasteiger partial charge on any atom is 0.123 e. The SMILES string of the molecule is COc1ccc(C)cc1C(Cl)Cc1ccncc1Cl. The molecule has 0 radical (unpaired) electrons. The average Bonchev–Trinajstić information content (AvgIpc) is 2.41. The molecule has 2 aromatic rings. The summed E-state index contributed by atoms with van der Waals surface area (Å²) in [5.41, 5.74) is 3.12. The number of aromatic nitrogens is 1. The molecule has 100 valence electrons. The van der Waals surface area contributed by atoms with Crippen LogP contribution in [0.3, 0.4) is 0 Å². The van der Waals surface area contributed by atoms with Crippen LogP contribution in [0.2, 0.25) is 5.02 Å². The lowest BCUT2D eigenvalue weighted by atomic mass is 10.0. The van der Waals surface area contributed by atoms with Crippen molar-refractivity contribution in [2.45, 2.75) is 18.7 Å². The largest absolute Gasteiger partial charge is 0.496 e. The number of nitrogens with zero attached hydrogens (tertiary/aromatic N) is 1. The van der Waals surface area contributed by atoms with Gasteiger partial charge in [0, 0.05) is 18.0 Å². The van der Waals surface area contributed by atoms with Gasteiger partial charge in [-0.2, -0.15) is 0 Å². The van der Waals surface area contributed by atoms with Crippen molar-refractivity contribution in [2.75, 3.05) is 7.11 Å². The number of ether oxygens (including phenoxy) is 1. The van der Waals surface area contributed by atoms with Crippen LogP contribution in [0, 0.1) is 6.92 Å². The van der Waals surface area contributed by atoms with E-state index in [4.69, 9.17) is 27.9 Å². The number of pyridine rings is 1. The molecule has 0 saturated heterocycles. The summed E-state index contributed by atoms with van der Waals surface area (Å²) < 4.78 is 5.36. The average molecular weight is 296 g/mol. The van der Waals surface area contributed by atoms with Crippen LogP contribution in [-0.2, 0) is 6.42 Å². The molecule has 4 heteroatoms. The quantitative estimate of drug-likeness (QED) is 0.771. The number of methoxy groups -OCH3 is 1. The monoisotopic (exact) mass is 295 g/mol. The first-order chi connectivity index (χ1) is 9.11. The zero-order valence-electron chi connectivity index (χ0n) is 10.9. The molecule has 2 nitrogen and oxygen atoms in total. The molecule has 19 heavy (non-hydrogen) atoms. The van der Waals surface area contributed by atoms with Gasteiger partial charge in [-0.3, -0.25) is 4.98 Å². The van der Waals surface area contributed by atoms with Crippen molar-refractivity contribution >= 4 is 23.2 Å². The molecule has 1 aromatic carbocycles. The fourth-order valence-corrected chi connectivity index (χ4v) is 2.50. The van der Waals surface area contributed by atoms with Crippen molar-refractivity contribution in [3.8, 4) is 5.75 Å². The number of hydrogen-bond acceptors (Lipinski definition) is 2. The van der Waals surface area contributed by atoms with Crippen molar-refractivity contribution in [1.82, 2.24) is 4.98 Å². The van der Waals surface area contributed by atoms with Gasteiger partial charge in [0.25, 0.3) is 0 Å². The third-order valence-electron chi connectivity index (χ3n) is 2.98. The van der Waals surface area contributed by atoms with Gasteiger partial charge in [0.2, 0.25) is 0 Å². The minimum absolute atomic E-state index is 0.185. The molecule has 0 bridgehead atoms. The zero-order chi connectivity index (χ0) is 13.8. The minimum Gasteiger partial charge on any atom is -0.496 e. The van der Waals surface area contributed by atoms with Gasteiger partial charge in [-0.15, -0.1) is 11.6 Å². The van der Waals surface area contributed by atoms with Gasteiger partial charge in [-0.1, -0.05) is 29.3 Å². The Morgan fingerprint density at radius 1 is 1.32 bits per heavy atom. The standard InChI is InChI=1S/C15H15Cl2NO/c1-10-3-4-15(19-2)12(7-10)13(16)8-11-5-6-18-9-14(11)17/h3-7,9,13H,8H2,1-2H3. The second-order valence-corrected chi connectivity index (χ2v) is 5.32. The first-order valence-electron chi connectivity index (χ1n) is 5.99. The predicted octanol–water partition coefficient (Wildman–Crippen LogP) is 4.57. The number of alkyl halides is 1. The number of benzene rings is 1. The molecule has 2 rings (SSSR count). The molecule has 1 unspecified atom stereocenters. The molecule has 0 N–H and O–H groups in total. The highest BCUT2D eigenvalue weighted by molar-refractivity contribution is 6.31. The Labute approximate surface area is 123 Å². The molecule has 1 atom stereocenters. The van der Waals surface area contributed by atoms with Gasteiger partial charge in [0.1, 0.15) is 5.75 Å². The Bertz CT molecular complexity index is 572. The number of rotatable bonds is 4. The van der Waals surface area contributed by atoms with Crippen LogP contribution in [0.25, 0.3) is 0 Å². The summed E-state index contributed by atoms with van der Waals surface area (Å²) in [6.45, 7) is 2.03. The van der Waals surface area contributed by atoms with E-state index < -0.39 is 0 Å². The molecule has 0 saturated carbocycles. The lowest BCUT2D eigenvalue weighted by molar-refractivity contribution is 0.409. The Hall–Kier alpha value is -1.25. The van der Waals surface area contributed by atoms with E-state index >= 15 is 0 Å². The van der Waals surface area contributed by atoms with Gasteiger partial charge in [-0.05, 0) is 31.0 Å². The first kappa shape index (κ1) is 14.2. The summed E-state index contributed by atoms with van der Waals surface area (Å²) >= 11 is 12.6. The lowest BCUT2D eigenvalue weighted by Gasteiger charge is -2.15. The minimum atomic E-state index is -0.185. The number of halogens is 2. The van der Waals surface area contributed by atoms with Crippen LogP contribution in [0.4, 0.5) is 0 Å². The summed E-state index contributed by atoms with van der Waals surface area (Å²) in [7, 11) is 1.65. The fourth-order valence-electron chi connectivity index (χ4n) is 1.97. The lowest BCUT2D eigenvalue weighted by Crippen LogP contribution is -2.00.